The van der Waals surface area contributed by atoms with E-state index in [0.29, 0.717) is 13.2 Å². The normalized spacial score (nSPS) is 20.3. The first-order valence-electron chi connectivity index (χ1n) is 5.97. The zero-order chi connectivity index (χ0) is 12.8. The van der Waals surface area contributed by atoms with Gasteiger partial charge in [-0.1, -0.05) is 30.3 Å². The third kappa shape index (κ3) is 3.72. The highest BCUT2D eigenvalue weighted by atomic mass is 16.6. The van der Waals surface area contributed by atoms with Gasteiger partial charge in [0.05, 0.1) is 25.9 Å². The third-order valence-corrected chi connectivity index (χ3v) is 2.71. The molecular formula is C13H17NO4. The number of amides is 1. The Morgan fingerprint density at radius 3 is 3.00 bits per heavy atom. The SMILES string of the molecule is O=C(OCc1ccccc1)N1CCOC[C@@H](O)C1. The number of aliphatic hydroxyl groups excluding tert-OH is 1. The number of carbonyl (C=O) groups excluding carboxylic acids is 1. The number of hydrogen-bond acceptors (Lipinski definition) is 4. The number of nitrogens with zero attached hydrogens (tertiary/aromatic N) is 1. The van der Waals surface area contributed by atoms with Crippen LogP contribution in [0.15, 0.2) is 30.3 Å². The second-order valence-corrected chi connectivity index (χ2v) is 4.21. The van der Waals surface area contributed by atoms with Crippen molar-refractivity contribution in [1.82, 2.24) is 4.90 Å². The van der Waals surface area contributed by atoms with Crippen molar-refractivity contribution in [3.8, 4) is 0 Å². The minimum Gasteiger partial charge on any atom is -0.445 e. The standard InChI is InChI=1S/C13H17NO4/c15-12-8-14(6-7-17-10-12)13(16)18-9-11-4-2-1-3-5-11/h1-5,12,15H,6-10H2/t12-/m0/s1. The first-order chi connectivity index (χ1) is 8.75. The summed E-state index contributed by atoms with van der Waals surface area (Å²) in [6.45, 7) is 1.64. The molecule has 0 bridgehead atoms. The summed E-state index contributed by atoms with van der Waals surface area (Å²) in [7, 11) is 0. The Bertz CT molecular complexity index is 382. The van der Waals surface area contributed by atoms with Gasteiger partial charge >= 0.3 is 6.09 Å². The molecule has 1 saturated heterocycles. The van der Waals surface area contributed by atoms with Crippen LogP contribution < -0.4 is 0 Å². The first-order valence-corrected chi connectivity index (χ1v) is 5.97. The van der Waals surface area contributed by atoms with Gasteiger partial charge in [-0.3, -0.25) is 0 Å². The molecule has 2 rings (SSSR count). The maximum Gasteiger partial charge on any atom is 0.410 e. The largest absolute Gasteiger partial charge is 0.445 e. The highest BCUT2D eigenvalue weighted by Gasteiger charge is 2.21. The van der Waals surface area contributed by atoms with Crippen molar-refractivity contribution < 1.29 is 19.4 Å². The number of benzene rings is 1. The van der Waals surface area contributed by atoms with E-state index in [1.807, 2.05) is 30.3 Å². The van der Waals surface area contributed by atoms with Crippen LogP contribution in [-0.4, -0.2) is 48.5 Å². The second-order valence-electron chi connectivity index (χ2n) is 4.21. The lowest BCUT2D eigenvalue weighted by Gasteiger charge is -2.20. The van der Waals surface area contributed by atoms with Crippen molar-refractivity contribution in [1.29, 1.82) is 0 Å². The van der Waals surface area contributed by atoms with Gasteiger partial charge in [-0.15, -0.1) is 0 Å². The number of β-amino-alcohol motifs (C(OH)–C–C–N with tert-alkyl or cyclic N) is 1. The number of aliphatic hydroxyl groups is 1. The molecule has 5 heteroatoms. The van der Waals surface area contributed by atoms with E-state index in [2.05, 4.69) is 0 Å². The van der Waals surface area contributed by atoms with Gasteiger partial charge in [0.2, 0.25) is 0 Å². The lowest BCUT2D eigenvalue weighted by atomic mass is 10.2. The van der Waals surface area contributed by atoms with E-state index in [-0.39, 0.29) is 19.8 Å². The van der Waals surface area contributed by atoms with Crippen molar-refractivity contribution >= 4 is 6.09 Å². The van der Waals surface area contributed by atoms with Crippen molar-refractivity contribution in [2.45, 2.75) is 12.7 Å². The number of rotatable bonds is 2. The van der Waals surface area contributed by atoms with Gasteiger partial charge in [0.25, 0.3) is 0 Å². The average Bonchev–Trinajstić information content (AvgIpc) is 2.62. The molecule has 0 unspecified atom stereocenters. The fourth-order valence-electron chi connectivity index (χ4n) is 1.77. The molecule has 1 fully saturated rings. The number of ether oxygens (including phenoxy) is 2. The first kappa shape index (κ1) is 12.9. The van der Waals surface area contributed by atoms with Crippen LogP contribution in [0, 0.1) is 0 Å². The Labute approximate surface area is 106 Å². The van der Waals surface area contributed by atoms with Gasteiger partial charge in [0.15, 0.2) is 0 Å². The molecule has 1 aliphatic heterocycles. The van der Waals surface area contributed by atoms with Gasteiger partial charge in [-0.05, 0) is 5.56 Å². The maximum absolute atomic E-state index is 11.8. The highest BCUT2D eigenvalue weighted by Crippen LogP contribution is 2.06. The second kappa shape index (κ2) is 6.37. The Balaban J connectivity index is 1.83. The molecule has 1 aromatic rings. The summed E-state index contributed by atoms with van der Waals surface area (Å²) in [6.07, 6.45) is -1.06. The van der Waals surface area contributed by atoms with Gasteiger partial charge in [0, 0.05) is 6.54 Å². The molecule has 1 heterocycles. The summed E-state index contributed by atoms with van der Waals surface area (Å²) in [5, 5.41) is 9.52. The summed E-state index contributed by atoms with van der Waals surface area (Å²) >= 11 is 0. The van der Waals surface area contributed by atoms with E-state index in [1.165, 1.54) is 4.90 Å². The Hall–Kier alpha value is -1.59. The Kier molecular flexibility index (Phi) is 4.55. The summed E-state index contributed by atoms with van der Waals surface area (Å²) in [5.41, 5.74) is 0.942. The predicted molar refractivity (Wildman–Crippen MR) is 65.0 cm³/mol. The predicted octanol–water partition coefficient (Wildman–Crippen LogP) is 1.02. The lowest BCUT2D eigenvalue weighted by Crippen LogP contribution is -2.38. The molecule has 18 heavy (non-hydrogen) atoms. The smallest absolute Gasteiger partial charge is 0.410 e. The van der Waals surface area contributed by atoms with Crippen LogP contribution in [0.3, 0.4) is 0 Å². The maximum atomic E-state index is 11.8. The van der Waals surface area contributed by atoms with Crippen molar-refractivity contribution in [2.75, 3.05) is 26.3 Å². The molecular weight excluding hydrogens is 234 g/mol. The zero-order valence-electron chi connectivity index (χ0n) is 10.1. The topological polar surface area (TPSA) is 59.0 Å². The summed E-state index contributed by atoms with van der Waals surface area (Å²) in [4.78, 5) is 13.3. The van der Waals surface area contributed by atoms with Gasteiger partial charge < -0.3 is 19.5 Å². The number of hydrogen-bond donors (Lipinski definition) is 1. The lowest BCUT2D eigenvalue weighted by molar-refractivity contribution is 0.0537. The summed E-state index contributed by atoms with van der Waals surface area (Å²) in [5.74, 6) is 0. The molecule has 0 aliphatic carbocycles. The van der Waals surface area contributed by atoms with Gasteiger partial charge in [-0.25, -0.2) is 4.79 Å². The Morgan fingerprint density at radius 1 is 1.44 bits per heavy atom. The van der Waals surface area contributed by atoms with E-state index >= 15 is 0 Å². The summed E-state index contributed by atoms with van der Waals surface area (Å²) in [6, 6.07) is 9.49. The average molecular weight is 251 g/mol. The minimum absolute atomic E-state index is 0.243. The molecule has 1 N–H and O–H groups in total. The molecule has 1 amide bonds. The molecule has 1 aliphatic rings. The monoisotopic (exact) mass is 251 g/mol. The van der Waals surface area contributed by atoms with E-state index < -0.39 is 12.2 Å². The Morgan fingerprint density at radius 2 is 2.22 bits per heavy atom. The third-order valence-electron chi connectivity index (χ3n) is 2.71. The fourth-order valence-corrected chi connectivity index (χ4v) is 1.77. The van der Waals surface area contributed by atoms with Crippen LogP contribution in [-0.2, 0) is 16.1 Å². The molecule has 98 valence electrons. The molecule has 0 aromatic heterocycles. The summed E-state index contributed by atoms with van der Waals surface area (Å²) < 4.78 is 10.3. The van der Waals surface area contributed by atoms with Crippen LogP contribution in [0.1, 0.15) is 5.56 Å². The molecule has 0 saturated carbocycles. The quantitative estimate of drug-likeness (QED) is 0.852. The molecule has 0 spiro atoms. The van der Waals surface area contributed by atoms with Crippen molar-refractivity contribution in [3.63, 3.8) is 0 Å². The number of carbonyl (C=O) groups is 1. The van der Waals surface area contributed by atoms with E-state index in [9.17, 15) is 9.90 Å². The van der Waals surface area contributed by atoms with E-state index in [0.717, 1.165) is 5.56 Å². The highest BCUT2D eigenvalue weighted by molar-refractivity contribution is 5.67. The van der Waals surface area contributed by atoms with Gasteiger partial charge in [0.1, 0.15) is 6.61 Å². The van der Waals surface area contributed by atoms with Crippen LogP contribution in [0.2, 0.25) is 0 Å². The van der Waals surface area contributed by atoms with Crippen LogP contribution in [0.25, 0.3) is 0 Å². The zero-order valence-corrected chi connectivity index (χ0v) is 10.1. The van der Waals surface area contributed by atoms with Gasteiger partial charge in [-0.2, -0.15) is 0 Å². The van der Waals surface area contributed by atoms with Crippen molar-refractivity contribution in [3.05, 3.63) is 35.9 Å². The minimum atomic E-state index is -0.642. The van der Waals surface area contributed by atoms with E-state index in [1.54, 1.807) is 0 Å². The van der Waals surface area contributed by atoms with Crippen LogP contribution in [0.4, 0.5) is 4.79 Å². The van der Waals surface area contributed by atoms with Crippen molar-refractivity contribution in [2.24, 2.45) is 0 Å². The molecule has 5 nitrogen and oxygen atoms in total. The van der Waals surface area contributed by atoms with E-state index in [4.69, 9.17) is 9.47 Å². The molecule has 0 radical (unpaired) electrons. The molecule has 1 aromatic carbocycles. The fraction of sp³-hybridized carbons (Fsp3) is 0.462. The molecule has 1 atom stereocenters. The van der Waals surface area contributed by atoms with Crippen LogP contribution in [0.5, 0.6) is 0 Å². The van der Waals surface area contributed by atoms with Crippen LogP contribution >= 0.6 is 0 Å².